The van der Waals surface area contributed by atoms with Crippen LogP contribution in [0.4, 0.5) is 5.82 Å². The summed E-state index contributed by atoms with van der Waals surface area (Å²) in [5, 5.41) is 5.48. The Kier molecular flexibility index (Phi) is 1.98. The third-order valence-corrected chi connectivity index (χ3v) is 2.98. The summed E-state index contributed by atoms with van der Waals surface area (Å²) >= 11 is 0. The number of nitrogen functional groups attached to an aromatic ring is 1. The second-order valence-corrected chi connectivity index (χ2v) is 4.21. The monoisotopic (exact) mass is 227 g/mol. The van der Waals surface area contributed by atoms with Gasteiger partial charge in [0.25, 0.3) is 0 Å². The third-order valence-electron chi connectivity index (χ3n) is 2.98. The molecule has 0 saturated heterocycles. The van der Waals surface area contributed by atoms with E-state index in [2.05, 4.69) is 5.10 Å². The molecule has 17 heavy (non-hydrogen) atoms. The summed E-state index contributed by atoms with van der Waals surface area (Å²) in [6.45, 7) is 2.03. The van der Waals surface area contributed by atoms with Crippen LogP contribution >= 0.6 is 0 Å². The Morgan fingerprint density at radius 3 is 2.82 bits per heavy atom. The van der Waals surface area contributed by atoms with Gasteiger partial charge in [0.05, 0.1) is 12.0 Å². The van der Waals surface area contributed by atoms with Gasteiger partial charge in [0.15, 0.2) is 0 Å². The maximum absolute atomic E-state index is 5.77. The van der Waals surface area contributed by atoms with Crippen molar-refractivity contribution in [2.24, 2.45) is 7.05 Å². The molecule has 1 aromatic carbocycles. The molecule has 2 N–H and O–H groups in total. The number of aromatic nitrogens is 2. The van der Waals surface area contributed by atoms with Crippen LogP contribution in [0.5, 0.6) is 0 Å². The van der Waals surface area contributed by atoms with Crippen LogP contribution in [-0.2, 0) is 7.05 Å². The van der Waals surface area contributed by atoms with E-state index in [1.54, 1.807) is 10.9 Å². The number of anilines is 1. The molecule has 0 fully saturated rings. The van der Waals surface area contributed by atoms with Crippen molar-refractivity contribution in [3.05, 3.63) is 36.1 Å². The van der Waals surface area contributed by atoms with Gasteiger partial charge in [0.1, 0.15) is 11.4 Å². The lowest BCUT2D eigenvalue weighted by Gasteiger charge is -1.96. The summed E-state index contributed by atoms with van der Waals surface area (Å²) in [5.74, 6) is 0.649. The van der Waals surface area contributed by atoms with E-state index in [1.165, 1.54) is 0 Å². The van der Waals surface area contributed by atoms with Gasteiger partial charge in [-0.2, -0.15) is 5.10 Å². The van der Waals surface area contributed by atoms with E-state index in [-0.39, 0.29) is 0 Å². The number of furan rings is 1. The van der Waals surface area contributed by atoms with Crippen molar-refractivity contribution in [1.82, 2.24) is 9.78 Å². The van der Waals surface area contributed by atoms with Gasteiger partial charge >= 0.3 is 0 Å². The largest absolute Gasteiger partial charge is 0.464 e. The molecule has 0 atom stereocenters. The highest BCUT2D eigenvalue weighted by Crippen LogP contribution is 2.27. The van der Waals surface area contributed by atoms with E-state index < -0.39 is 0 Å². The van der Waals surface area contributed by atoms with Gasteiger partial charge in [-0.25, -0.2) is 0 Å². The Labute approximate surface area is 98.6 Å². The highest BCUT2D eigenvalue weighted by molar-refractivity contribution is 5.85. The third kappa shape index (κ3) is 1.49. The van der Waals surface area contributed by atoms with Gasteiger partial charge in [-0.3, -0.25) is 4.68 Å². The number of rotatable bonds is 1. The maximum Gasteiger partial charge on any atom is 0.134 e. The van der Waals surface area contributed by atoms with Crippen LogP contribution in [0.2, 0.25) is 0 Å². The Morgan fingerprint density at radius 2 is 2.12 bits per heavy atom. The van der Waals surface area contributed by atoms with E-state index in [1.807, 2.05) is 38.2 Å². The maximum atomic E-state index is 5.77. The van der Waals surface area contributed by atoms with Gasteiger partial charge in [0, 0.05) is 24.1 Å². The Balaban J connectivity index is 2.17. The molecular formula is C13H13N3O. The van der Waals surface area contributed by atoms with Crippen molar-refractivity contribution < 1.29 is 4.42 Å². The van der Waals surface area contributed by atoms with Gasteiger partial charge in [-0.15, -0.1) is 0 Å². The molecule has 4 nitrogen and oxygen atoms in total. The van der Waals surface area contributed by atoms with Crippen LogP contribution in [0, 0.1) is 6.92 Å². The first-order valence-electron chi connectivity index (χ1n) is 5.43. The average molecular weight is 227 g/mol. The fraction of sp³-hybridized carbons (Fsp3) is 0.154. The number of nitrogens with zero attached hydrogens (tertiary/aromatic N) is 2. The molecule has 3 aromatic rings. The van der Waals surface area contributed by atoms with Gasteiger partial charge in [0.2, 0.25) is 0 Å². The number of fused-ring (bicyclic) bond motifs is 1. The topological polar surface area (TPSA) is 57.0 Å². The average Bonchev–Trinajstić information content (AvgIpc) is 2.84. The quantitative estimate of drug-likeness (QED) is 0.695. The summed E-state index contributed by atoms with van der Waals surface area (Å²) in [5.41, 5.74) is 9.67. The van der Waals surface area contributed by atoms with Gasteiger partial charge in [-0.1, -0.05) is 12.1 Å². The molecule has 3 rings (SSSR count). The lowest BCUT2D eigenvalue weighted by molar-refractivity contribution is 0.613. The number of aryl methyl sites for hydroxylation is 2. The molecule has 4 heteroatoms. The van der Waals surface area contributed by atoms with Crippen LogP contribution in [-0.4, -0.2) is 9.78 Å². The SMILES string of the molecule is Cc1coc2cc(-c3cc(N)n(C)n3)ccc12. The van der Waals surface area contributed by atoms with E-state index in [4.69, 9.17) is 10.2 Å². The molecule has 0 amide bonds. The Bertz CT molecular complexity index is 674. The normalized spacial score (nSPS) is 11.2. The molecular weight excluding hydrogens is 214 g/mol. The standard InChI is InChI=1S/C13H13N3O/c1-8-7-17-12-5-9(3-4-10(8)12)11-6-13(14)16(2)15-11/h3-7H,14H2,1-2H3. The molecule has 0 aliphatic carbocycles. The highest BCUT2D eigenvalue weighted by atomic mass is 16.3. The van der Waals surface area contributed by atoms with Crippen molar-refractivity contribution in [2.75, 3.05) is 5.73 Å². The molecule has 0 saturated carbocycles. The summed E-state index contributed by atoms with van der Waals surface area (Å²) in [4.78, 5) is 0. The Morgan fingerprint density at radius 1 is 1.29 bits per heavy atom. The van der Waals surface area contributed by atoms with E-state index in [0.29, 0.717) is 5.82 Å². The number of hydrogen-bond acceptors (Lipinski definition) is 3. The predicted octanol–water partition coefficient (Wildman–Crippen LogP) is 2.72. The van der Waals surface area contributed by atoms with E-state index in [0.717, 1.165) is 27.8 Å². The number of benzene rings is 1. The second kappa shape index (κ2) is 3.38. The smallest absolute Gasteiger partial charge is 0.134 e. The van der Waals surface area contributed by atoms with Crippen molar-refractivity contribution in [3.63, 3.8) is 0 Å². The fourth-order valence-electron chi connectivity index (χ4n) is 1.94. The zero-order valence-electron chi connectivity index (χ0n) is 9.77. The molecule has 0 unspecified atom stereocenters. The van der Waals surface area contributed by atoms with Gasteiger partial charge < -0.3 is 10.2 Å². The molecule has 0 aliphatic heterocycles. The number of hydrogen-bond donors (Lipinski definition) is 1. The van der Waals surface area contributed by atoms with E-state index in [9.17, 15) is 0 Å². The summed E-state index contributed by atoms with van der Waals surface area (Å²) in [6.07, 6.45) is 1.77. The van der Waals surface area contributed by atoms with Crippen molar-refractivity contribution >= 4 is 16.8 Å². The molecule has 2 aromatic heterocycles. The second-order valence-electron chi connectivity index (χ2n) is 4.21. The first-order chi connectivity index (χ1) is 8.15. The fourth-order valence-corrected chi connectivity index (χ4v) is 1.94. The Hall–Kier alpha value is -2.23. The van der Waals surface area contributed by atoms with Crippen LogP contribution in [0.25, 0.3) is 22.2 Å². The highest BCUT2D eigenvalue weighted by Gasteiger charge is 2.08. The molecule has 2 heterocycles. The zero-order chi connectivity index (χ0) is 12.0. The van der Waals surface area contributed by atoms with E-state index >= 15 is 0 Å². The van der Waals surface area contributed by atoms with Crippen molar-refractivity contribution in [3.8, 4) is 11.3 Å². The summed E-state index contributed by atoms with van der Waals surface area (Å²) in [7, 11) is 1.83. The first-order valence-corrected chi connectivity index (χ1v) is 5.43. The molecule has 0 aliphatic rings. The minimum atomic E-state index is 0.649. The van der Waals surface area contributed by atoms with Crippen LogP contribution < -0.4 is 5.73 Å². The van der Waals surface area contributed by atoms with Crippen LogP contribution in [0.3, 0.4) is 0 Å². The summed E-state index contributed by atoms with van der Waals surface area (Å²) in [6, 6.07) is 7.93. The lowest BCUT2D eigenvalue weighted by atomic mass is 10.1. The molecule has 0 spiro atoms. The predicted molar refractivity (Wildman–Crippen MR) is 67.6 cm³/mol. The lowest BCUT2D eigenvalue weighted by Crippen LogP contribution is -1.96. The van der Waals surface area contributed by atoms with Crippen molar-refractivity contribution in [1.29, 1.82) is 0 Å². The van der Waals surface area contributed by atoms with Crippen LogP contribution in [0.1, 0.15) is 5.56 Å². The summed E-state index contributed by atoms with van der Waals surface area (Å²) < 4.78 is 7.14. The first kappa shape index (κ1) is 9.96. The van der Waals surface area contributed by atoms with Gasteiger partial charge in [-0.05, 0) is 18.6 Å². The molecule has 0 radical (unpaired) electrons. The number of nitrogens with two attached hydrogens (primary N) is 1. The zero-order valence-corrected chi connectivity index (χ0v) is 9.77. The molecule has 0 bridgehead atoms. The molecule has 86 valence electrons. The van der Waals surface area contributed by atoms with Crippen LogP contribution in [0.15, 0.2) is 34.9 Å². The minimum Gasteiger partial charge on any atom is -0.464 e. The van der Waals surface area contributed by atoms with Crippen molar-refractivity contribution in [2.45, 2.75) is 6.92 Å². The minimum absolute atomic E-state index is 0.649.